The fraction of sp³-hybridized carbons (Fsp3) is 0.929. The number of nitrogens with zero attached hydrogens (tertiary/aromatic N) is 2. The molecular weight excluding hydrogens is 228 g/mol. The third kappa shape index (κ3) is 4.94. The van der Waals surface area contributed by atoms with E-state index in [1.807, 2.05) is 5.06 Å². The summed E-state index contributed by atoms with van der Waals surface area (Å²) in [6.07, 6.45) is 9.08. The Bertz CT molecular complexity index is 246. The molecule has 0 bridgehead atoms. The van der Waals surface area contributed by atoms with Crippen LogP contribution < -0.4 is 0 Å². The Kier molecular flexibility index (Phi) is 5.94. The molecule has 0 N–H and O–H groups in total. The van der Waals surface area contributed by atoms with Gasteiger partial charge in [-0.3, -0.25) is 4.79 Å². The maximum atomic E-state index is 11.7. The first-order valence-corrected chi connectivity index (χ1v) is 7.53. The lowest BCUT2D eigenvalue weighted by Crippen LogP contribution is -2.33. The predicted octanol–water partition coefficient (Wildman–Crippen LogP) is 2.20. The molecule has 2 heterocycles. The number of likely N-dealkylation sites (tertiary alicyclic amines) is 1. The zero-order valence-electron chi connectivity index (χ0n) is 11.4. The van der Waals surface area contributed by atoms with Crippen LogP contribution in [0.3, 0.4) is 0 Å². The van der Waals surface area contributed by atoms with Crippen molar-refractivity contribution in [2.45, 2.75) is 51.4 Å². The number of hydrogen-bond acceptors (Lipinski definition) is 4. The molecule has 0 radical (unpaired) electrons. The Balaban J connectivity index is 1.53. The van der Waals surface area contributed by atoms with Crippen LogP contribution in [0.2, 0.25) is 0 Å². The average molecular weight is 254 g/mol. The molecule has 2 saturated heterocycles. The molecule has 0 aliphatic carbocycles. The summed E-state index contributed by atoms with van der Waals surface area (Å²) < 4.78 is 0. The molecule has 0 aromatic carbocycles. The van der Waals surface area contributed by atoms with Gasteiger partial charge < -0.3 is 9.74 Å². The van der Waals surface area contributed by atoms with Gasteiger partial charge >= 0.3 is 5.97 Å². The Labute approximate surface area is 110 Å². The van der Waals surface area contributed by atoms with Gasteiger partial charge in [0.25, 0.3) is 0 Å². The van der Waals surface area contributed by atoms with E-state index in [9.17, 15) is 4.79 Å². The third-order valence-electron chi connectivity index (χ3n) is 3.85. The van der Waals surface area contributed by atoms with Crippen LogP contribution >= 0.6 is 0 Å². The van der Waals surface area contributed by atoms with Crippen LogP contribution in [-0.4, -0.2) is 48.7 Å². The summed E-state index contributed by atoms with van der Waals surface area (Å²) in [7, 11) is 0. The average Bonchev–Trinajstić information content (AvgIpc) is 2.41. The Hall–Kier alpha value is -0.610. The van der Waals surface area contributed by atoms with Gasteiger partial charge in [-0.05, 0) is 51.7 Å². The minimum absolute atomic E-state index is 0.0473. The van der Waals surface area contributed by atoms with Gasteiger partial charge in [0.05, 0.1) is 0 Å². The van der Waals surface area contributed by atoms with Crippen molar-refractivity contribution in [2.24, 2.45) is 0 Å². The summed E-state index contributed by atoms with van der Waals surface area (Å²) in [6, 6.07) is 0. The van der Waals surface area contributed by atoms with E-state index in [2.05, 4.69) is 4.90 Å². The molecule has 2 fully saturated rings. The maximum absolute atomic E-state index is 11.7. The molecule has 4 heteroatoms. The molecule has 2 aliphatic heterocycles. The highest BCUT2D eigenvalue weighted by molar-refractivity contribution is 5.68. The van der Waals surface area contributed by atoms with Crippen LogP contribution in [0.5, 0.6) is 0 Å². The number of piperidine rings is 2. The van der Waals surface area contributed by atoms with Crippen LogP contribution in [0.15, 0.2) is 0 Å². The van der Waals surface area contributed by atoms with Crippen molar-refractivity contribution in [3.05, 3.63) is 0 Å². The molecule has 2 aliphatic rings. The van der Waals surface area contributed by atoms with Crippen molar-refractivity contribution in [3.63, 3.8) is 0 Å². The van der Waals surface area contributed by atoms with E-state index in [4.69, 9.17) is 4.84 Å². The van der Waals surface area contributed by atoms with Crippen molar-refractivity contribution in [3.8, 4) is 0 Å². The lowest BCUT2D eigenvalue weighted by Gasteiger charge is -2.27. The van der Waals surface area contributed by atoms with Crippen molar-refractivity contribution >= 4 is 5.97 Å². The van der Waals surface area contributed by atoms with Crippen LogP contribution in [-0.2, 0) is 9.63 Å². The second-order valence-electron chi connectivity index (χ2n) is 5.46. The first-order chi connectivity index (χ1) is 8.84. The summed E-state index contributed by atoms with van der Waals surface area (Å²) in [5, 5.41) is 1.84. The topological polar surface area (TPSA) is 32.8 Å². The van der Waals surface area contributed by atoms with Gasteiger partial charge in [0.15, 0.2) is 0 Å². The highest BCUT2D eigenvalue weighted by Gasteiger charge is 2.15. The van der Waals surface area contributed by atoms with E-state index >= 15 is 0 Å². The number of rotatable bonds is 5. The first-order valence-electron chi connectivity index (χ1n) is 7.53. The van der Waals surface area contributed by atoms with Gasteiger partial charge in [-0.25, -0.2) is 0 Å². The number of hydrogen-bond donors (Lipinski definition) is 0. The molecule has 4 nitrogen and oxygen atoms in total. The SMILES string of the molecule is O=C(CCCN1CCCCC1)ON1CCCCC1. The molecule has 0 atom stereocenters. The largest absolute Gasteiger partial charge is 0.368 e. The summed E-state index contributed by atoms with van der Waals surface area (Å²) in [4.78, 5) is 19.5. The van der Waals surface area contributed by atoms with Gasteiger partial charge in [0, 0.05) is 19.5 Å². The molecule has 0 saturated carbocycles. The monoisotopic (exact) mass is 254 g/mol. The molecule has 0 aromatic rings. The Morgan fingerprint density at radius 1 is 0.889 bits per heavy atom. The molecule has 0 aromatic heterocycles. The lowest BCUT2D eigenvalue weighted by atomic mass is 10.1. The minimum Gasteiger partial charge on any atom is -0.368 e. The third-order valence-corrected chi connectivity index (χ3v) is 3.85. The molecule has 0 unspecified atom stereocenters. The van der Waals surface area contributed by atoms with Crippen LogP contribution in [0.1, 0.15) is 51.4 Å². The van der Waals surface area contributed by atoms with Crippen molar-refractivity contribution < 1.29 is 9.63 Å². The summed E-state index contributed by atoms with van der Waals surface area (Å²) in [5.41, 5.74) is 0. The zero-order chi connectivity index (χ0) is 12.6. The lowest BCUT2D eigenvalue weighted by molar-refractivity contribution is -0.194. The van der Waals surface area contributed by atoms with Crippen molar-refractivity contribution in [2.75, 3.05) is 32.7 Å². The van der Waals surface area contributed by atoms with Crippen molar-refractivity contribution in [1.29, 1.82) is 0 Å². The second-order valence-corrected chi connectivity index (χ2v) is 5.46. The van der Waals surface area contributed by atoms with E-state index in [0.717, 1.165) is 38.9 Å². The number of hydroxylamine groups is 2. The van der Waals surface area contributed by atoms with E-state index < -0.39 is 0 Å². The predicted molar refractivity (Wildman–Crippen MR) is 71.0 cm³/mol. The Morgan fingerprint density at radius 3 is 2.17 bits per heavy atom. The van der Waals surface area contributed by atoms with Gasteiger partial charge in [-0.1, -0.05) is 12.8 Å². The van der Waals surface area contributed by atoms with E-state index in [1.165, 1.54) is 38.8 Å². The smallest absolute Gasteiger partial charge is 0.325 e. The fourth-order valence-electron chi connectivity index (χ4n) is 2.78. The number of carbonyl (C=O) groups is 1. The highest BCUT2D eigenvalue weighted by atomic mass is 16.7. The molecular formula is C14H26N2O2. The molecule has 0 spiro atoms. The highest BCUT2D eigenvalue weighted by Crippen LogP contribution is 2.11. The van der Waals surface area contributed by atoms with Crippen LogP contribution in [0.25, 0.3) is 0 Å². The molecule has 104 valence electrons. The molecule has 0 amide bonds. The van der Waals surface area contributed by atoms with E-state index in [1.54, 1.807) is 0 Å². The zero-order valence-corrected chi connectivity index (χ0v) is 11.4. The van der Waals surface area contributed by atoms with Crippen molar-refractivity contribution in [1.82, 2.24) is 9.96 Å². The molecule has 18 heavy (non-hydrogen) atoms. The quantitative estimate of drug-likeness (QED) is 0.753. The van der Waals surface area contributed by atoms with E-state index in [0.29, 0.717) is 6.42 Å². The molecule has 2 rings (SSSR count). The minimum atomic E-state index is -0.0473. The normalized spacial score (nSPS) is 22.9. The summed E-state index contributed by atoms with van der Waals surface area (Å²) in [5.74, 6) is -0.0473. The van der Waals surface area contributed by atoms with Gasteiger partial charge in [-0.15, -0.1) is 5.06 Å². The van der Waals surface area contributed by atoms with Gasteiger partial charge in [-0.2, -0.15) is 0 Å². The van der Waals surface area contributed by atoms with Gasteiger partial charge in [0.1, 0.15) is 0 Å². The standard InChI is InChI=1S/C14H26N2O2/c17-14(18-16-12-5-2-6-13-16)8-7-11-15-9-3-1-4-10-15/h1-13H2. The maximum Gasteiger partial charge on any atom is 0.325 e. The summed E-state index contributed by atoms with van der Waals surface area (Å²) >= 11 is 0. The first kappa shape index (κ1) is 13.8. The number of carbonyl (C=O) groups excluding carboxylic acids is 1. The van der Waals surface area contributed by atoms with Gasteiger partial charge in [0.2, 0.25) is 0 Å². The van der Waals surface area contributed by atoms with E-state index in [-0.39, 0.29) is 5.97 Å². The second kappa shape index (κ2) is 7.74. The van der Waals surface area contributed by atoms with Crippen LogP contribution in [0, 0.1) is 0 Å². The van der Waals surface area contributed by atoms with Crippen LogP contribution in [0.4, 0.5) is 0 Å². The summed E-state index contributed by atoms with van der Waals surface area (Å²) in [6.45, 7) is 5.30. The fourth-order valence-corrected chi connectivity index (χ4v) is 2.78. The Morgan fingerprint density at radius 2 is 1.50 bits per heavy atom.